The molecule has 8 nitrogen and oxygen atoms in total. The molecule has 0 radical (unpaired) electrons. The van der Waals surface area contributed by atoms with Gasteiger partial charge in [-0.1, -0.05) is 71.9 Å². The molecule has 1 fully saturated rings. The van der Waals surface area contributed by atoms with E-state index in [1.165, 1.54) is 0 Å². The van der Waals surface area contributed by atoms with Gasteiger partial charge in [-0.15, -0.1) is 0 Å². The molecule has 40 heavy (non-hydrogen) atoms. The second-order valence-corrected chi connectivity index (χ2v) is 24.0. The normalized spacial score (nSPS) is 20.8. The Morgan fingerprint density at radius 1 is 0.975 bits per heavy atom. The van der Waals surface area contributed by atoms with E-state index < -0.39 is 16.6 Å². The predicted molar refractivity (Wildman–Crippen MR) is 168 cm³/mol. The number of nitrogens with zero attached hydrogens (tertiary/aromatic N) is 4. The van der Waals surface area contributed by atoms with Gasteiger partial charge in [0.1, 0.15) is 18.9 Å². The molecular formula is C29H45BrN4O4Si2. The number of benzene rings is 1. The number of aromatic nitrogens is 4. The van der Waals surface area contributed by atoms with E-state index in [1.807, 2.05) is 34.9 Å². The van der Waals surface area contributed by atoms with E-state index in [9.17, 15) is 0 Å². The summed E-state index contributed by atoms with van der Waals surface area (Å²) >= 11 is 3.47. The van der Waals surface area contributed by atoms with Crippen LogP contribution in [0.15, 0.2) is 41.4 Å². The third-order valence-corrected chi connectivity index (χ3v) is 18.1. The van der Waals surface area contributed by atoms with E-state index in [0.29, 0.717) is 41.4 Å². The molecule has 0 bridgehead atoms. The average Bonchev–Trinajstić information content (AvgIpc) is 3.44. The summed E-state index contributed by atoms with van der Waals surface area (Å²) in [5.74, 6) is 0.435. The van der Waals surface area contributed by atoms with Crippen LogP contribution in [0.2, 0.25) is 36.3 Å². The SMILES string of the molecule is CC(C)(C)[Si](C)(C)OCC1OC(n2cnc3c(OCc4ccccc4)nc(Br)nc32)CC1O[Si](C)(C)C(C)(C)C. The summed E-state index contributed by atoms with van der Waals surface area (Å²) in [5, 5.41) is 0.196. The Bertz CT molecular complexity index is 1310. The first kappa shape index (κ1) is 31.3. The molecule has 1 aromatic carbocycles. The van der Waals surface area contributed by atoms with Gasteiger partial charge in [-0.25, -0.2) is 9.97 Å². The fourth-order valence-electron chi connectivity index (χ4n) is 4.11. The minimum Gasteiger partial charge on any atom is -0.471 e. The van der Waals surface area contributed by atoms with Gasteiger partial charge in [0, 0.05) is 6.42 Å². The summed E-state index contributed by atoms with van der Waals surface area (Å²) in [5.41, 5.74) is 2.32. The molecule has 3 aromatic rings. The quantitative estimate of drug-likeness (QED) is 0.172. The molecule has 220 valence electrons. The second-order valence-electron chi connectivity index (χ2n) is 13.7. The zero-order valence-electron chi connectivity index (χ0n) is 25.6. The van der Waals surface area contributed by atoms with E-state index >= 15 is 0 Å². The van der Waals surface area contributed by atoms with Crippen LogP contribution in [-0.4, -0.2) is 55.0 Å². The largest absolute Gasteiger partial charge is 0.471 e. The summed E-state index contributed by atoms with van der Waals surface area (Å²) in [4.78, 5) is 13.8. The topological polar surface area (TPSA) is 80.5 Å². The van der Waals surface area contributed by atoms with Crippen molar-refractivity contribution in [3.63, 3.8) is 0 Å². The third kappa shape index (κ3) is 6.87. The zero-order valence-corrected chi connectivity index (χ0v) is 29.2. The summed E-state index contributed by atoms with van der Waals surface area (Å²) in [7, 11) is -4.02. The summed E-state index contributed by atoms with van der Waals surface area (Å²) in [6.45, 7) is 23.6. The number of halogens is 1. The van der Waals surface area contributed by atoms with E-state index in [-0.39, 0.29) is 28.5 Å². The van der Waals surface area contributed by atoms with Crippen molar-refractivity contribution in [2.24, 2.45) is 0 Å². The summed E-state index contributed by atoms with van der Waals surface area (Å²) in [6, 6.07) is 10.0. The van der Waals surface area contributed by atoms with Crippen molar-refractivity contribution in [2.75, 3.05) is 6.61 Å². The first-order chi connectivity index (χ1) is 18.5. The minimum atomic E-state index is -2.05. The first-order valence-corrected chi connectivity index (χ1v) is 20.6. The maximum atomic E-state index is 6.95. The van der Waals surface area contributed by atoms with Crippen molar-refractivity contribution in [3.8, 4) is 5.88 Å². The van der Waals surface area contributed by atoms with Crippen LogP contribution in [-0.2, 0) is 20.2 Å². The molecule has 3 heterocycles. The number of hydrogen-bond donors (Lipinski definition) is 0. The number of ether oxygens (including phenoxy) is 2. The number of imidazole rings is 1. The maximum absolute atomic E-state index is 6.95. The summed E-state index contributed by atoms with van der Waals surface area (Å²) < 4.78 is 28.8. The lowest BCUT2D eigenvalue weighted by Gasteiger charge is -2.40. The summed E-state index contributed by atoms with van der Waals surface area (Å²) in [6.07, 6.45) is 1.88. The van der Waals surface area contributed by atoms with Gasteiger partial charge in [0.15, 0.2) is 27.8 Å². The fourth-order valence-corrected chi connectivity index (χ4v) is 6.81. The van der Waals surface area contributed by atoms with Crippen LogP contribution in [0.25, 0.3) is 11.2 Å². The molecule has 1 aliphatic rings. The number of fused-ring (bicyclic) bond motifs is 1. The molecule has 2 aromatic heterocycles. The van der Waals surface area contributed by atoms with Gasteiger partial charge in [0.2, 0.25) is 10.6 Å². The van der Waals surface area contributed by atoms with Crippen molar-refractivity contribution in [3.05, 3.63) is 47.0 Å². The Morgan fingerprint density at radius 2 is 1.62 bits per heavy atom. The Balaban J connectivity index is 1.61. The van der Waals surface area contributed by atoms with Gasteiger partial charge in [0.25, 0.3) is 0 Å². The monoisotopic (exact) mass is 648 g/mol. The second kappa shape index (κ2) is 11.6. The van der Waals surface area contributed by atoms with Crippen LogP contribution in [0.3, 0.4) is 0 Å². The first-order valence-electron chi connectivity index (χ1n) is 14.0. The highest BCUT2D eigenvalue weighted by atomic mass is 79.9. The standard InChI is InChI=1S/C29H45BrN4O4Si2/c1-28(2,3)39(7,8)36-18-22-21(38-40(9,10)29(4,5)6)16-23(37-22)34-19-31-24-25(34)32-27(30)33-26(24)35-17-20-14-12-11-13-15-20/h11-15,19,21-23H,16-18H2,1-10H3. The Kier molecular flexibility index (Phi) is 9.05. The highest BCUT2D eigenvalue weighted by molar-refractivity contribution is 9.10. The lowest BCUT2D eigenvalue weighted by Crippen LogP contribution is -2.48. The number of hydrogen-bond acceptors (Lipinski definition) is 7. The molecule has 3 unspecified atom stereocenters. The smallest absolute Gasteiger partial charge is 0.246 e. The van der Waals surface area contributed by atoms with Gasteiger partial charge < -0.3 is 18.3 Å². The minimum absolute atomic E-state index is 0.0840. The van der Waals surface area contributed by atoms with Crippen LogP contribution >= 0.6 is 15.9 Å². The van der Waals surface area contributed by atoms with Gasteiger partial charge in [-0.2, -0.15) is 4.98 Å². The lowest BCUT2D eigenvalue weighted by atomic mass is 10.2. The third-order valence-electron chi connectivity index (χ3n) is 8.74. The van der Waals surface area contributed by atoms with Crippen LogP contribution in [0.1, 0.15) is 59.8 Å². The maximum Gasteiger partial charge on any atom is 0.246 e. The fraction of sp³-hybridized carbons (Fsp3) is 0.621. The van der Waals surface area contributed by atoms with Crippen molar-refractivity contribution < 1.29 is 18.3 Å². The van der Waals surface area contributed by atoms with E-state index in [4.69, 9.17) is 18.3 Å². The van der Waals surface area contributed by atoms with Gasteiger partial charge in [-0.3, -0.25) is 4.57 Å². The Hall–Kier alpha value is -1.64. The Labute approximate surface area is 249 Å². The van der Waals surface area contributed by atoms with Crippen molar-refractivity contribution in [2.45, 2.75) is 109 Å². The predicted octanol–water partition coefficient (Wildman–Crippen LogP) is 7.87. The van der Waals surface area contributed by atoms with Gasteiger partial charge >= 0.3 is 0 Å². The molecule has 0 aliphatic carbocycles. The van der Waals surface area contributed by atoms with Crippen LogP contribution < -0.4 is 4.74 Å². The molecule has 1 aliphatic heterocycles. The molecule has 0 spiro atoms. The molecule has 4 rings (SSSR count). The Morgan fingerprint density at radius 3 is 2.25 bits per heavy atom. The molecule has 0 saturated carbocycles. The van der Waals surface area contributed by atoms with Crippen molar-refractivity contribution in [1.29, 1.82) is 0 Å². The van der Waals surface area contributed by atoms with Crippen LogP contribution in [0, 0.1) is 0 Å². The van der Waals surface area contributed by atoms with E-state index in [1.54, 1.807) is 6.33 Å². The van der Waals surface area contributed by atoms with Gasteiger partial charge in [-0.05, 0) is 57.8 Å². The molecule has 0 amide bonds. The van der Waals surface area contributed by atoms with Crippen molar-refractivity contribution >= 4 is 43.7 Å². The molecule has 3 atom stereocenters. The van der Waals surface area contributed by atoms with E-state index in [0.717, 1.165) is 5.56 Å². The van der Waals surface area contributed by atoms with Crippen LogP contribution in [0.5, 0.6) is 5.88 Å². The molecule has 1 saturated heterocycles. The number of rotatable bonds is 9. The zero-order chi connectivity index (χ0) is 29.5. The van der Waals surface area contributed by atoms with Crippen LogP contribution in [0.4, 0.5) is 0 Å². The highest BCUT2D eigenvalue weighted by Gasteiger charge is 2.47. The average molecular weight is 650 g/mol. The van der Waals surface area contributed by atoms with E-state index in [2.05, 4.69) is 98.6 Å². The lowest BCUT2D eigenvalue weighted by molar-refractivity contribution is -0.0383. The highest BCUT2D eigenvalue weighted by Crippen LogP contribution is 2.43. The molecular weight excluding hydrogens is 604 g/mol. The van der Waals surface area contributed by atoms with Gasteiger partial charge in [0.05, 0.1) is 19.0 Å². The molecule has 0 N–H and O–H groups in total. The van der Waals surface area contributed by atoms with Crippen molar-refractivity contribution in [1.82, 2.24) is 19.5 Å². The molecule has 11 heteroatoms.